The van der Waals surface area contributed by atoms with Gasteiger partial charge in [-0.3, -0.25) is 4.79 Å². The fraction of sp³-hybridized carbons (Fsp3) is 0.273. The molecule has 0 aliphatic heterocycles. The lowest BCUT2D eigenvalue weighted by Crippen LogP contribution is -2.13. The van der Waals surface area contributed by atoms with Gasteiger partial charge >= 0.3 is 5.97 Å². The van der Waals surface area contributed by atoms with Crippen LogP contribution in [0.4, 0.5) is 0 Å². The first-order valence-electron chi connectivity index (χ1n) is 8.91. The Labute approximate surface area is 175 Å². The molecule has 2 rings (SSSR count). The zero-order chi connectivity index (χ0) is 21.4. The summed E-state index contributed by atoms with van der Waals surface area (Å²) in [6, 6.07) is 10.1. The van der Waals surface area contributed by atoms with Crippen molar-refractivity contribution in [2.24, 2.45) is 0 Å². The van der Waals surface area contributed by atoms with Crippen molar-refractivity contribution in [3.63, 3.8) is 0 Å². The molecule has 0 amide bonds. The summed E-state index contributed by atoms with van der Waals surface area (Å²) in [5, 5.41) is 0.359. The molecule has 0 fully saturated rings. The largest absolute Gasteiger partial charge is 0.496 e. The van der Waals surface area contributed by atoms with Crippen LogP contribution in [-0.4, -0.2) is 38.7 Å². The zero-order valence-corrected chi connectivity index (χ0v) is 17.5. The van der Waals surface area contributed by atoms with Gasteiger partial charge < -0.3 is 18.9 Å². The highest BCUT2D eigenvalue weighted by molar-refractivity contribution is 6.32. The van der Waals surface area contributed by atoms with Gasteiger partial charge in [0, 0.05) is 6.08 Å². The van der Waals surface area contributed by atoms with E-state index in [1.807, 2.05) is 13.8 Å². The van der Waals surface area contributed by atoms with Crippen LogP contribution in [0.1, 0.15) is 29.8 Å². The second kappa shape index (κ2) is 10.5. The molecule has 7 heteroatoms. The molecule has 0 saturated heterocycles. The van der Waals surface area contributed by atoms with E-state index in [1.54, 1.807) is 36.4 Å². The van der Waals surface area contributed by atoms with Crippen molar-refractivity contribution in [2.75, 3.05) is 20.8 Å². The molecule has 0 N–H and O–H groups in total. The Morgan fingerprint density at radius 3 is 2.41 bits per heavy atom. The third-order valence-corrected chi connectivity index (χ3v) is 4.05. The van der Waals surface area contributed by atoms with Gasteiger partial charge in [-0.05, 0) is 49.8 Å². The molecule has 0 heterocycles. The number of rotatable bonds is 9. The smallest absolute Gasteiger partial charge is 0.331 e. The molecular formula is C22H23ClO6. The lowest BCUT2D eigenvalue weighted by atomic mass is 10.1. The van der Waals surface area contributed by atoms with Gasteiger partial charge in [-0.15, -0.1) is 0 Å². The number of halogens is 1. The summed E-state index contributed by atoms with van der Waals surface area (Å²) in [6.07, 6.45) is 2.66. The molecule has 0 atom stereocenters. The van der Waals surface area contributed by atoms with Gasteiger partial charge in [0.25, 0.3) is 0 Å². The zero-order valence-electron chi connectivity index (χ0n) is 16.7. The average Bonchev–Trinajstić information content (AvgIpc) is 2.71. The van der Waals surface area contributed by atoms with Gasteiger partial charge in [0.2, 0.25) is 5.78 Å². The van der Waals surface area contributed by atoms with E-state index in [2.05, 4.69) is 0 Å². The Hall–Kier alpha value is -2.99. The van der Waals surface area contributed by atoms with Crippen LogP contribution in [0.15, 0.2) is 42.5 Å². The second-order valence-corrected chi connectivity index (χ2v) is 6.67. The standard InChI is InChI=1S/C22H23ClO6/c1-14(2)29-22-17(23)11-15(12-20(22)27-4)9-10-21(25)28-13-18(24)16-7-5-6-8-19(16)26-3/h5-12,14H,13H2,1-4H3/b10-9+. The summed E-state index contributed by atoms with van der Waals surface area (Å²) < 4.78 is 21.1. The lowest BCUT2D eigenvalue weighted by Gasteiger charge is -2.15. The lowest BCUT2D eigenvalue weighted by molar-refractivity contribution is -0.136. The van der Waals surface area contributed by atoms with Gasteiger partial charge in [0.05, 0.1) is 30.9 Å². The maximum atomic E-state index is 12.2. The topological polar surface area (TPSA) is 71.1 Å². The number of hydrogen-bond donors (Lipinski definition) is 0. The van der Waals surface area contributed by atoms with Crippen LogP contribution in [0, 0.1) is 0 Å². The maximum absolute atomic E-state index is 12.2. The highest BCUT2D eigenvalue weighted by Gasteiger charge is 2.14. The minimum atomic E-state index is -0.661. The first kappa shape index (κ1) is 22.3. The van der Waals surface area contributed by atoms with Gasteiger partial charge in [-0.1, -0.05) is 23.7 Å². The van der Waals surface area contributed by atoms with E-state index >= 15 is 0 Å². The second-order valence-electron chi connectivity index (χ2n) is 6.27. The first-order chi connectivity index (χ1) is 13.8. The number of carbonyl (C=O) groups is 2. The summed E-state index contributed by atoms with van der Waals surface area (Å²) in [5.41, 5.74) is 0.972. The molecular weight excluding hydrogens is 396 g/mol. The number of methoxy groups -OCH3 is 2. The van der Waals surface area contributed by atoms with Crippen LogP contribution in [0.3, 0.4) is 0 Å². The first-order valence-corrected chi connectivity index (χ1v) is 9.28. The molecule has 0 aliphatic carbocycles. The van der Waals surface area contributed by atoms with Gasteiger partial charge in [0.1, 0.15) is 5.75 Å². The predicted molar refractivity (Wildman–Crippen MR) is 111 cm³/mol. The van der Waals surface area contributed by atoms with Crippen molar-refractivity contribution in [1.82, 2.24) is 0 Å². The van der Waals surface area contributed by atoms with E-state index in [0.717, 1.165) is 0 Å². The highest BCUT2D eigenvalue weighted by atomic mass is 35.5. The Balaban J connectivity index is 2.03. The van der Waals surface area contributed by atoms with Crippen LogP contribution < -0.4 is 14.2 Å². The molecule has 0 aromatic heterocycles. The van der Waals surface area contributed by atoms with Crippen molar-refractivity contribution in [3.05, 3.63) is 58.6 Å². The van der Waals surface area contributed by atoms with Crippen LogP contribution in [0.5, 0.6) is 17.2 Å². The van der Waals surface area contributed by atoms with Gasteiger partial charge in [-0.2, -0.15) is 0 Å². The number of benzene rings is 2. The molecule has 0 bridgehead atoms. The molecule has 0 spiro atoms. The molecule has 0 aliphatic rings. The average molecular weight is 419 g/mol. The molecule has 29 heavy (non-hydrogen) atoms. The van der Waals surface area contributed by atoms with Crippen molar-refractivity contribution in [3.8, 4) is 17.2 Å². The fourth-order valence-electron chi connectivity index (χ4n) is 2.49. The fourth-order valence-corrected chi connectivity index (χ4v) is 2.75. The molecule has 2 aromatic carbocycles. The number of ketones is 1. The van der Waals surface area contributed by atoms with Crippen LogP contribution in [0.2, 0.25) is 5.02 Å². The summed E-state index contributed by atoms with van der Waals surface area (Å²) in [4.78, 5) is 24.2. The normalized spacial score (nSPS) is 10.8. The van der Waals surface area contributed by atoms with Crippen LogP contribution >= 0.6 is 11.6 Å². The van der Waals surface area contributed by atoms with Crippen molar-refractivity contribution in [2.45, 2.75) is 20.0 Å². The van der Waals surface area contributed by atoms with E-state index in [4.69, 9.17) is 30.5 Å². The Kier molecular flexibility index (Phi) is 8.09. The number of esters is 1. The Morgan fingerprint density at radius 1 is 1.07 bits per heavy atom. The summed E-state index contributed by atoms with van der Waals surface area (Å²) in [7, 11) is 2.97. The van der Waals surface area contributed by atoms with Crippen LogP contribution in [-0.2, 0) is 9.53 Å². The third kappa shape index (κ3) is 6.26. The molecule has 0 radical (unpaired) electrons. The Bertz CT molecular complexity index is 904. The molecule has 0 saturated carbocycles. The van der Waals surface area contributed by atoms with Crippen LogP contribution in [0.25, 0.3) is 6.08 Å². The van der Waals surface area contributed by atoms with E-state index in [1.165, 1.54) is 26.4 Å². The van der Waals surface area contributed by atoms with Gasteiger partial charge in [-0.25, -0.2) is 4.79 Å². The number of carbonyl (C=O) groups excluding carboxylic acids is 2. The molecule has 0 unspecified atom stereocenters. The van der Waals surface area contributed by atoms with Gasteiger partial charge in [0.15, 0.2) is 18.1 Å². The SMILES string of the molecule is COc1ccccc1C(=O)COC(=O)/C=C/c1cc(Cl)c(OC(C)C)c(OC)c1. The molecule has 2 aromatic rings. The van der Waals surface area contributed by atoms with Crippen molar-refractivity contribution >= 4 is 29.4 Å². The summed E-state index contributed by atoms with van der Waals surface area (Å²) in [5.74, 6) is 0.293. The summed E-state index contributed by atoms with van der Waals surface area (Å²) in [6.45, 7) is 3.37. The third-order valence-electron chi connectivity index (χ3n) is 3.77. The summed E-state index contributed by atoms with van der Waals surface area (Å²) >= 11 is 6.26. The van der Waals surface area contributed by atoms with Crippen molar-refractivity contribution in [1.29, 1.82) is 0 Å². The minimum absolute atomic E-state index is 0.0708. The number of hydrogen-bond acceptors (Lipinski definition) is 6. The quantitative estimate of drug-likeness (QED) is 0.337. The maximum Gasteiger partial charge on any atom is 0.331 e. The van der Waals surface area contributed by atoms with E-state index < -0.39 is 12.6 Å². The Morgan fingerprint density at radius 2 is 1.76 bits per heavy atom. The molecule has 154 valence electrons. The van der Waals surface area contributed by atoms with E-state index in [9.17, 15) is 9.59 Å². The number of ether oxygens (including phenoxy) is 4. The van der Waals surface area contributed by atoms with E-state index in [-0.39, 0.29) is 11.9 Å². The highest BCUT2D eigenvalue weighted by Crippen LogP contribution is 2.37. The number of Topliss-reactive ketones (excluding diaryl/α,β-unsaturated/α-hetero) is 1. The van der Waals surface area contributed by atoms with E-state index in [0.29, 0.717) is 33.4 Å². The molecule has 6 nitrogen and oxygen atoms in total. The monoisotopic (exact) mass is 418 g/mol. The number of para-hydroxylation sites is 1. The predicted octanol–water partition coefficient (Wildman–Crippen LogP) is 4.58. The minimum Gasteiger partial charge on any atom is -0.496 e. The van der Waals surface area contributed by atoms with Crippen molar-refractivity contribution < 1.29 is 28.5 Å².